The lowest BCUT2D eigenvalue weighted by molar-refractivity contribution is 0.200. The Bertz CT molecular complexity index is 47.6. The van der Waals surface area contributed by atoms with Gasteiger partial charge in [0.1, 0.15) is 0 Å². The molecular formula is C2HClFO. The molecule has 0 spiro atoms. The Balaban J connectivity index is 3.14. The summed E-state index contributed by atoms with van der Waals surface area (Å²) in [5, 5.41) is 8.96. The first-order chi connectivity index (χ1) is 2.27. The predicted molar refractivity (Wildman–Crippen MR) is 15.7 cm³/mol. The standard InChI is InChI=1S/C2HClFO/c3-1-2(4)5/h1H/b2-1+. The molecule has 0 bridgehead atoms. The van der Waals surface area contributed by atoms with Crippen LogP contribution in [-0.2, 0) is 5.11 Å². The zero-order chi connectivity index (χ0) is 4.28. The average molecular weight is 95.5 g/mol. The number of rotatable bonds is 0. The molecule has 5 heavy (non-hydrogen) atoms. The maximum atomic E-state index is 10.6. The van der Waals surface area contributed by atoms with Crippen molar-refractivity contribution >= 4 is 11.6 Å². The van der Waals surface area contributed by atoms with Crippen LogP contribution in [-0.4, -0.2) is 0 Å². The third-order valence-electron chi connectivity index (χ3n) is 0.0858. The molecule has 0 aliphatic heterocycles. The fourth-order valence-electron chi connectivity index (χ4n) is 0. The second-order valence-electron chi connectivity index (χ2n) is 0.413. The van der Waals surface area contributed by atoms with Crippen LogP contribution < -0.4 is 0 Å². The summed E-state index contributed by atoms with van der Waals surface area (Å²) >= 11 is 4.49. The minimum absolute atomic E-state index is 0.333. The fourth-order valence-corrected chi connectivity index (χ4v) is 0. The normalized spacial score (nSPS) is 12.0. The molecular weight excluding hydrogens is 94.5 g/mol. The maximum Gasteiger partial charge on any atom is 0.336 e. The van der Waals surface area contributed by atoms with Crippen LogP contribution >= 0.6 is 11.6 Å². The summed E-state index contributed by atoms with van der Waals surface area (Å²) in [6, 6.07) is -1.60. The van der Waals surface area contributed by atoms with Gasteiger partial charge in [-0.25, -0.2) is 0 Å². The van der Waals surface area contributed by atoms with Crippen molar-refractivity contribution in [2.45, 2.75) is 0 Å². The first kappa shape index (κ1) is 4.76. The largest absolute Gasteiger partial charge is 0.336 e. The summed E-state index contributed by atoms with van der Waals surface area (Å²) in [6.45, 7) is 0. The van der Waals surface area contributed by atoms with E-state index in [2.05, 4.69) is 11.6 Å². The Kier molecular flexibility index (Phi) is 1.93. The minimum atomic E-state index is -1.60. The zero-order valence-electron chi connectivity index (χ0n) is 2.24. The van der Waals surface area contributed by atoms with Gasteiger partial charge >= 0.3 is 6.01 Å². The van der Waals surface area contributed by atoms with Crippen molar-refractivity contribution in [3.63, 3.8) is 0 Å². The van der Waals surface area contributed by atoms with Crippen molar-refractivity contribution in [3.8, 4) is 0 Å². The Morgan fingerprint density at radius 2 is 2.20 bits per heavy atom. The van der Waals surface area contributed by atoms with Crippen LogP contribution in [0.3, 0.4) is 0 Å². The molecule has 0 aromatic heterocycles. The van der Waals surface area contributed by atoms with Crippen molar-refractivity contribution in [1.82, 2.24) is 0 Å². The third-order valence-corrected chi connectivity index (χ3v) is 0.257. The van der Waals surface area contributed by atoms with Crippen molar-refractivity contribution < 1.29 is 9.50 Å². The summed E-state index contributed by atoms with van der Waals surface area (Å²) in [6.07, 6.45) is 0. The third kappa shape index (κ3) is 3.76. The molecule has 0 saturated carbocycles. The van der Waals surface area contributed by atoms with Crippen molar-refractivity contribution in [2.24, 2.45) is 0 Å². The van der Waals surface area contributed by atoms with Crippen molar-refractivity contribution in [2.75, 3.05) is 0 Å². The van der Waals surface area contributed by atoms with Crippen LogP contribution in [0.15, 0.2) is 11.5 Å². The van der Waals surface area contributed by atoms with Gasteiger partial charge in [-0.2, -0.15) is 4.39 Å². The van der Waals surface area contributed by atoms with Gasteiger partial charge in [-0.15, -0.1) is 0 Å². The van der Waals surface area contributed by atoms with E-state index in [1.54, 1.807) is 0 Å². The number of hydrogen-bond acceptors (Lipinski definition) is 0. The smallest absolute Gasteiger partial charge is 0.255 e. The molecule has 0 aliphatic carbocycles. The zero-order valence-corrected chi connectivity index (χ0v) is 3.00. The lowest BCUT2D eigenvalue weighted by Gasteiger charge is -1.60. The molecule has 0 unspecified atom stereocenters. The Hall–Kier alpha value is -0.240. The van der Waals surface area contributed by atoms with Crippen LogP contribution in [0.1, 0.15) is 0 Å². The summed E-state index contributed by atoms with van der Waals surface area (Å²) in [7, 11) is 0. The molecule has 0 aliphatic rings. The lowest BCUT2D eigenvalue weighted by Crippen LogP contribution is -1.50. The maximum absolute atomic E-state index is 10.6. The molecule has 0 aromatic carbocycles. The van der Waals surface area contributed by atoms with Gasteiger partial charge < -0.3 is 0 Å². The summed E-state index contributed by atoms with van der Waals surface area (Å²) in [4.78, 5) is 0. The highest BCUT2D eigenvalue weighted by Crippen LogP contribution is 1.89. The molecule has 0 heterocycles. The molecule has 0 fully saturated rings. The molecule has 0 rings (SSSR count). The van der Waals surface area contributed by atoms with E-state index in [9.17, 15) is 4.39 Å². The Morgan fingerprint density at radius 3 is 2.20 bits per heavy atom. The second-order valence-corrected chi connectivity index (χ2v) is 0.631. The van der Waals surface area contributed by atoms with Crippen molar-refractivity contribution in [3.05, 3.63) is 11.5 Å². The first-order valence-electron chi connectivity index (χ1n) is 0.900. The predicted octanol–water partition coefficient (Wildman–Crippen LogP) is 1.42. The molecule has 0 atom stereocenters. The molecule has 0 N–H and O–H groups in total. The van der Waals surface area contributed by atoms with E-state index in [1.165, 1.54) is 0 Å². The van der Waals surface area contributed by atoms with Crippen LogP contribution in [0.4, 0.5) is 4.39 Å². The highest BCUT2D eigenvalue weighted by atomic mass is 35.5. The van der Waals surface area contributed by atoms with Gasteiger partial charge in [-0.05, 0) is 0 Å². The summed E-state index contributed by atoms with van der Waals surface area (Å²) < 4.78 is 10.6. The van der Waals surface area contributed by atoms with E-state index in [0.29, 0.717) is 5.54 Å². The number of hydrogen-bond donors (Lipinski definition) is 0. The van der Waals surface area contributed by atoms with Crippen LogP contribution in [0.2, 0.25) is 0 Å². The van der Waals surface area contributed by atoms with Crippen LogP contribution in [0.25, 0.3) is 0 Å². The molecule has 0 amide bonds. The van der Waals surface area contributed by atoms with Gasteiger partial charge in [0.15, 0.2) is 0 Å². The van der Waals surface area contributed by atoms with E-state index in [1.807, 2.05) is 0 Å². The fraction of sp³-hybridized carbons (Fsp3) is 0. The van der Waals surface area contributed by atoms with Gasteiger partial charge in [-0.3, -0.25) is 5.11 Å². The van der Waals surface area contributed by atoms with E-state index < -0.39 is 6.01 Å². The van der Waals surface area contributed by atoms with Crippen LogP contribution in [0, 0.1) is 0 Å². The van der Waals surface area contributed by atoms with E-state index in [4.69, 9.17) is 5.11 Å². The lowest BCUT2D eigenvalue weighted by atomic mass is 11.1. The molecule has 0 aromatic rings. The molecule has 3 heteroatoms. The highest BCUT2D eigenvalue weighted by molar-refractivity contribution is 6.25. The van der Waals surface area contributed by atoms with E-state index in [0.717, 1.165) is 0 Å². The summed E-state index contributed by atoms with van der Waals surface area (Å²) in [5.41, 5.74) is 0.333. The van der Waals surface area contributed by atoms with E-state index >= 15 is 0 Å². The Labute approximate surface area is 33.7 Å². The van der Waals surface area contributed by atoms with Gasteiger partial charge in [-0.1, -0.05) is 11.6 Å². The average Bonchev–Trinajstić information content (AvgIpc) is 1.38. The molecule has 0 saturated heterocycles. The highest BCUT2D eigenvalue weighted by Gasteiger charge is 1.78. The monoisotopic (exact) mass is 95.0 g/mol. The number of halogens is 2. The van der Waals surface area contributed by atoms with E-state index in [-0.39, 0.29) is 0 Å². The summed E-state index contributed by atoms with van der Waals surface area (Å²) in [5.74, 6) is 0. The van der Waals surface area contributed by atoms with Gasteiger partial charge in [0.25, 0.3) is 0 Å². The Morgan fingerprint density at radius 1 is 2.00 bits per heavy atom. The molecule has 1 nitrogen and oxygen atoms in total. The SMILES string of the molecule is [O]/C(F)=C/Cl. The van der Waals surface area contributed by atoms with Crippen LogP contribution in [0.5, 0.6) is 0 Å². The second kappa shape index (κ2) is 2.03. The minimum Gasteiger partial charge on any atom is -0.255 e. The van der Waals surface area contributed by atoms with Gasteiger partial charge in [0, 0.05) is 0 Å². The first-order valence-corrected chi connectivity index (χ1v) is 1.34. The topological polar surface area (TPSA) is 19.9 Å². The molecule has 29 valence electrons. The van der Waals surface area contributed by atoms with Crippen molar-refractivity contribution in [1.29, 1.82) is 0 Å². The van der Waals surface area contributed by atoms with Gasteiger partial charge in [0.2, 0.25) is 0 Å². The molecule has 1 radical (unpaired) electrons. The quantitative estimate of drug-likeness (QED) is 0.406. The van der Waals surface area contributed by atoms with Gasteiger partial charge in [0.05, 0.1) is 5.54 Å².